The van der Waals surface area contributed by atoms with Gasteiger partial charge in [0, 0.05) is 56.0 Å². The fraction of sp³-hybridized carbons (Fsp3) is 0.0877. The fourth-order valence-corrected chi connectivity index (χ4v) is 9.75. The Balaban J connectivity index is 1.03. The van der Waals surface area contributed by atoms with E-state index in [9.17, 15) is 0 Å². The van der Waals surface area contributed by atoms with Gasteiger partial charge >= 0.3 is 0 Å². The topological polar surface area (TPSA) is 11.4 Å². The van der Waals surface area contributed by atoms with Crippen LogP contribution in [-0.4, -0.2) is 4.57 Å². The van der Waals surface area contributed by atoms with Crippen LogP contribution in [0.25, 0.3) is 44.2 Å². The Labute approximate surface area is 352 Å². The van der Waals surface area contributed by atoms with E-state index >= 15 is 0 Å². The summed E-state index contributed by atoms with van der Waals surface area (Å²) in [7, 11) is 0. The monoisotopic (exact) mass is 771 g/mol. The van der Waals surface area contributed by atoms with Crippen molar-refractivity contribution in [2.75, 3.05) is 9.80 Å². The molecule has 0 radical (unpaired) electrons. The molecule has 1 heterocycles. The van der Waals surface area contributed by atoms with Gasteiger partial charge in [-0.15, -0.1) is 0 Å². The van der Waals surface area contributed by atoms with Gasteiger partial charge in [-0.2, -0.15) is 0 Å². The Bertz CT molecular complexity index is 2990. The standard InChI is InChI=1S/C57H45N3/c1-57(2)53-26-16-15-25-49(53)50-39-56-52(38-54(50)57)51-37-48(59(44-21-11-5-12-22-44)45-23-13-6-14-24-45)35-36-55(51)60(56)47-33-29-41(30-34-47)40-27-31-46(32-28-40)58(42-17-7-3-8-18-42)43-19-9-4-10-20-43/h3-15,17-25,27-39H,16,26H2,1-2H3. The zero-order chi connectivity index (χ0) is 40.2. The molecule has 60 heavy (non-hydrogen) atoms. The number of para-hydroxylation sites is 4. The van der Waals surface area contributed by atoms with E-state index in [-0.39, 0.29) is 5.41 Å². The van der Waals surface area contributed by atoms with Gasteiger partial charge in [0.25, 0.3) is 0 Å². The molecule has 0 N–H and O–H groups in total. The number of benzene rings is 8. The molecule has 8 aromatic carbocycles. The van der Waals surface area contributed by atoms with Crippen molar-refractivity contribution in [1.82, 2.24) is 4.57 Å². The second-order valence-corrected chi connectivity index (χ2v) is 16.5. The molecule has 0 bridgehead atoms. The van der Waals surface area contributed by atoms with Crippen LogP contribution in [0.1, 0.15) is 37.8 Å². The molecule has 9 aromatic rings. The highest BCUT2D eigenvalue weighted by atomic mass is 15.1. The summed E-state index contributed by atoms with van der Waals surface area (Å²) in [5.41, 5.74) is 18.5. The van der Waals surface area contributed by atoms with E-state index in [0.717, 1.165) is 52.7 Å². The van der Waals surface area contributed by atoms with Crippen molar-refractivity contribution in [2.45, 2.75) is 32.1 Å². The zero-order valence-corrected chi connectivity index (χ0v) is 34.0. The predicted octanol–water partition coefficient (Wildman–Crippen LogP) is 15.8. The zero-order valence-electron chi connectivity index (χ0n) is 34.0. The Morgan fingerprint density at radius 1 is 0.450 bits per heavy atom. The number of hydrogen-bond donors (Lipinski definition) is 0. The van der Waals surface area contributed by atoms with Crippen molar-refractivity contribution in [3.63, 3.8) is 0 Å². The molecule has 11 rings (SSSR count). The van der Waals surface area contributed by atoms with Gasteiger partial charge in [0.1, 0.15) is 0 Å². The molecule has 0 saturated carbocycles. The second kappa shape index (κ2) is 14.5. The molecule has 3 nitrogen and oxygen atoms in total. The molecule has 0 fully saturated rings. The summed E-state index contributed by atoms with van der Waals surface area (Å²) in [4.78, 5) is 4.67. The number of allylic oxidation sites excluding steroid dienone is 4. The van der Waals surface area contributed by atoms with Crippen LogP contribution in [-0.2, 0) is 5.41 Å². The highest BCUT2D eigenvalue weighted by Crippen LogP contribution is 2.52. The number of aromatic nitrogens is 1. The Morgan fingerprint density at radius 3 is 1.47 bits per heavy atom. The quantitative estimate of drug-likeness (QED) is 0.152. The third kappa shape index (κ3) is 5.96. The molecule has 0 aliphatic heterocycles. The van der Waals surface area contributed by atoms with Gasteiger partial charge < -0.3 is 14.4 Å². The maximum Gasteiger partial charge on any atom is 0.0547 e. The lowest BCUT2D eigenvalue weighted by Gasteiger charge is -2.26. The first-order valence-electron chi connectivity index (χ1n) is 21.1. The van der Waals surface area contributed by atoms with Crippen LogP contribution < -0.4 is 9.80 Å². The van der Waals surface area contributed by atoms with Gasteiger partial charge in [-0.1, -0.05) is 129 Å². The third-order valence-electron chi connectivity index (χ3n) is 12.7. The molecule has 0 amide bonds. The first kappa shape index (κ1) is 35.8. The van der Waals surface area contributed by atoms with Crippen molar-refractivity contribution in [3.8, 4) is 16.8 Å². The van der Waals surface area contributed by atoms with Gasteiger partial charge in [0.05, 0.1) is 11.0 Å². The molecule has 0 spiro atoms. The first-order valence-corrected chi connectivity index (χ1v) is 21.1. The van der Waals surface area contributed by atoms with E-state index in [1.807, 2.05) is 0 Å². The van der Waals surface area contributed by atoms with Crippen molar-refractivity contribution in [1.29, 1.82) is 0 Å². The Kier molecular flexibility index (Phi) is 8.63. The van der Waals surface area contributed by atoms with E-state index in [0.29, 0.717) is 0 Å². The van der Waals surface area contributed by atoms with Crippen molar-refractivity contribution in [3.05, 3.63) is 229 Å². The predicted molar refractivity (Wildman–Crippen MR) is 254 cm³/mol. The number of fused-ring (bicyclic) bond motifs is 5. The van der Waals surface area contributed by atoms with Gasteiger partial charge in [-0.05, 0) is 144 Å². The van der Waals surface area contributed by atoms with Gasteiger partial charge in [-0.3, -0.25) is 0 Å². The van der Waals surface area contributed by atoms with E-state index < -0.39 is 0 Å². The highest BCUT2D eigenvalue weighted by Gasteiger charge is 2.38. The maximum atomic E-state index is 2.51. The van der Waals surface area contributed by atoms with Crippen LogP contribution in [0.15, 0.2) is 218 Å². The summed E-state index contributed by atoms with van der Waals surface area (Å²) in [5, 5.41) is 2.53. The average molecular weight is 772 g/mol. The van der Waals surface area contributed by atoms with E-state index in [4.69, 9.17) is 0 Å². The van der Waals surface area contributed by atoms with Crippen molar-refractivity contribution >= 4 is 61.5 Å². The molecule has 0 saturated heterocycles. The Hall–Kier alpha value is -7.36. The summed E-state index contributed by atoms with van der Waals surface area (Å²) < 4.78 is 2.48. The summed E-state index contributed by atoms with van der Waals surface area (Å²) >= 11 is 0. The lowest BCUT2D eigenvalue weighted by Crippen LogP contribution is -2.17. The molecular weight excluding hydrogens is 727 g/mol. The lowest BCUT2D eigenvalue weighted by molar-refractivity contribution is 0.608. The number of anilines is 6. The molecule has 0 atom stereocenters. The first-order chi connectivity index (χ1) is 29.5. The third-order valence-corrected chi connectivity index (χ3v) is 12.7. The highest BCUT2D eigenvalue weighted by molar-refractivity contribution is 6.12. The SMILES string of the molecule is CC1(C)C2=C(C=CCC2)c2cc3c(cc21)c1cc(N(c2ccccc2)c2ccccc2)ccc1n3-c1ccc(-c2ccc(N(c3ccccc3)c3ccccc3)cc2)cc1. The van der Waals surface area contributed by atoms with Crippen LogP contribution in [0, 0.1) is 0 Å². The van der Waals surface area contributed by atoms with Crippen molar-refractivity contribution < 1.29 is 0 Å². The lowest BCUT2D eigenvalue weighted by atomic mass is 9.78. The minimum absolute atomic E-state index is 0.0216. The van der Waals surface area contributed by atoms with E-state index in [1.54, 1.807) is 5.57 Å². The molecule has 288 valence electrons. The molecule has 3 heteroatoms. The molecule has 1 aromatic heterocycles. The molecular formula is C57H45N3. The fourth-order valence-electron chi connectivity index (χ4n) is 9.75. The van der Waals surface area contributed by atoms with Crippen LogP contribution in [0.3, 0.4) is 0 Å². The maximum absolute atomic E-state index is 2.51. The number of rotatable bonds is 8. The largest absolute Gasteiger partial charge is 0.311 e. The van der Waals surface area contributed by atoms with Gasteiger partial charge in [0.2, 0.25) is 0 Å². The van der Waals surface area contributed by atoms with Crippen LogP contribution in [0.2, 0.25) is 0 Å². The van der Waals surface area contributed by atoms with Crippen LogP contribution in [0.4, 0.5) is 34.1 Å². The van der Waals surface area contributed by atoms with E-state index in [2.05, 4.69) is 241 Å². The second-order valence-electron chi connectivity index (χ2n) is 16.5. The number of nitrogens with zero attached hydrogens (tertiary/aromatic N) is 3. The summed E-state index contributed by atoms with van der Waals surface area (Å²) in [5.74, 6) is 0. The molecule has 0 unspecified atom stereocenters. The van der Waals surface area contributed by atoms with Gasteiger partial charge in [-0.25, -0.2) is 0 Å². The Morgan fingerprint density at radius 2 is 0.917 bits per heavy atom. The molecule has 2 aliphatic rings. The normalized spacial score (nSPS) is 14.0. The minimum Gasteiger partial charge on any atom is -0.311 e. The summed E-state index contributed by atoms with van der Waals surface area (Å²) in [6, 6.07) is 72.6. The molecule has 2 aliphatic carbocycles. The number of hydrogen-bond acceptors (Lipinski definition) is 2. The summed E-state index contributed by atoms with van der Waals surface area (Å²) in [6.45, 7) is 4.84. The smallest absolute Gasteiger partial charge is 0.0547 e. The van der Waals surface area contributed by atoms with Gasteiger partial charge in [0.15, 0.2) is 0 Å². The minimum atomic E-state index is -0.0216. The van der Waals surface area contributed by atoms with Crippen molar-refractivity contribution in [2.24, 2.45) is 0 Å². The average Bonchev–Trinajstić information content (AvgIpc) is 3.74. The van der Waals surface area contributed by atoms with Crippen LogP contribution >= 0.6 is 0 Å². The summed E-state index contributed by atoms with van der Waals surface area (Å²) in [6.07, 6.45) is 6.95. The van der Waals surface area contributed by atoms with Crippen LogP contribution in [0.5, 0.6) is 0 Å². The van der Waals surface area contributed by atoms with E-state index in [1.165, 1.54) is 49.6 Å².